The third-order valence-electron chi connectivity index (χ3n) is 3.31. The Labute approximate surface area is 150 Å². The van der Waals surface area contributed by atoms with Crippen molar-refractivity contribution in [1.29, 1.82) is 0 Å². The molecule has 0 saturated carbocycles. The molecule has 0 bridgehead atoms. The highest BCUT2D eigenvalue weighted by molar-refractivity contribution is 9.10. The van der Waals surface area contributed by atoms with Crippen molar-refractivity contribution in [3.05, 3.63) is 46.4 Å². The Morgan fingerprint density at radius 1 is 1.21 bits per heavy atom. The molecule has 3 aromatic rings. The van der Waals surface area contributed by atoms with Gasteiger partial charge in [0.15, 0.2) is 0 Å². The summed E-state index contributed by atoms with van der Waals surface area (Å²) in [6.45, 7) is 0. The van der Waals surface area contributed by atoms with Crippen LogP contribution in [0.1, 0.15) is 10.4 Å². The Morgan fingerprint density at radius 2 is 2.00 bits per heavy atom. The van der Waals surface area contributed by atoms with Gasteiger partial charge in [-0.3, -0.25) is 0 Å². The highest BCUT2D eigenvalue weighted by Crippen LogP contribution is 2.32. The maximum absolute atomic E-state index is 11.4. The molecular formula is C16H13BrN4O2S. The molecule has 8 heteroatoms. The van der Waals surface area contributed by atoms with Gasteiger partial charge in [-0.05, 0) is 36.4 Å². The van der Waals surface area contributed by atoms with E-state index in [1.165, 1.54) is 11.3 Å². The van der Waals surface area contributed by atoms with Crippen LogP contribution >= 0.6 is 27.3 Å². The van der Waals surface area contributed by atoms with Crippen LogP contribution in [0.3, 0.4) is 0 Å². The molecular weight excluding hydrogens is 392 g/mol. The van der Waals surface area contributed by atoms with E-state index in [9.17, 15) is 9.90 Å². The van der Waals surface area contributed by atoms with E-state index < -0.39 is 5.97 Å². The number of aromatic nitrogens is 1. The molecule has 0 fully saturated rings. The third-order valence-corrected chi connectivity index (χ3v) is 4.72. The first-order chi connectivity index (χ1) is 11.4. The van der Waals surface area contributed by atoms with E-state index in [4.69, 9.17) is 0 Å². The maximum Gasteiger partial charge on any atom is 0.338 e. The molecule has 0 aliphatic heterocycles. The van der Waals surface area contributed by atoms with E-state index in [1.807, 2.05) is 37.2 Å². The molecule has 0 atom stereocenters. The Morgan fingerprint density at radius 3 is 2.71 bits per heavy atom. The summed E-state index contributed by atoms with van der Waals surface area (Å²) in [5.41, 5.74) is 2.02. The number of halogens is 1. The fraction of sp³-hybridized carbons (Fsp3) is 0.125. The second-order valence-corrected chi connectivity index (χ2v) is 7.13. The van der Waals surface area contributed by atoms with Crippen molar-refractivity contribution >= 4 is 60.0 Å². The van der Waals surface area contributed by atoms with E-state index in [0.717, 1.165) is 20.4 Å². The number of benzene rings is 2. The SMILES string of the molecule is CN(C)c1ccc(N=Nc2nc3cc(Br)ccc3s2)c(C(=O)O)c1. The number of fused-ring (bicyclic) bond motifs is 1. The fourth-order valence-electron chi connectivity index (χ4n) is 2.09. The van der Waals surface area contributed by atoms with Gasteiger partial charge in [0.1, 0.15) is 5.69 Å². The smallest absolute Gasteiger partial charge is 0.338 e. The van der Waals surface area contributed by atoms with Crippen LogP contribution in [0.2, 0.25) is 0 Å². The summed E-state index contributed by atoms with van der Waals surface area (Å²) < 4.78 is 1.93. The average molecular weight is 405 g/mol. The number of anilines is 1. The number of nitrogens with zero attached hydrogens (tertiary/aromatic N) is 4. The van der Waals surface area contributed by atoms with Crippen molar-refractivity contribution in [3.8, 4) is 0 Å². The Balaban J connectivity index is 1.96. The van der Waals surface area contributed by atoms with Crippen molar-refractivity contribution < 1.29 is 9.90 Å². The van der Waals surface area contributed by atoms with E-state index in [1.54, 1.807) is 18.2 Å². The first-order valence-corrected chi connectivity index (χ1v) is 8.57. The molecule has 24 heavy (non-hydrogen) atoms. The van der Waals surface area contributed by atoms with Gasteiger partial charge in [0.25, 0.3) is 0 Å². The first kappa shape index (κ1) is 16.5. The molecule has 0 spiro atoms. The molecule has 0 aliphatic rings. The zero-order valence-electron chi connectivity index (χ0n) is 12.9. The topological polar surface area (TPSA) is 78.2 Å². The molecule has 122 valence electrons. The van der Waals surface area contributed by atoms with Gasteiger partial charge in [-0.2, -0.15) is 0 Å². The normalized spacial score (nSPS) is 11.3. The van der Waals surface area contributed by atoms with Crippen LogP contribution in [0.5, 0.6) is 0 Å². The number of carbonyl (C=O) groups is 1. The lowest BCUT2D eigenvalue weighted by molar-refractivity contribution is 0.0698. The number of rotatable bonds is 4. The van der Waals surface area contributed by atoms with Crippen molar-refractivity contribution in [2.75, 3.05) is 19.0 Å². The highest BCUT2D eigenvalue weighted by atomic mass is 79.9. The van der Waals surface area contributed by atoms with Crippen molar-refractivity contribution in [3.63, 3.8) is 0 Å². The van der Waals surface area contributed by atoms with Crippen molar-refractivity contribution in [2.45, 2.75) is 0 Å². The predicted octanol–water partition coefficient (Wildman–Crippen LogP) is 5.24. The predicted molar refractivity (Wildman–Crippen MR) is 99.2 cm³/mol. The minimum atomic E-state index is -1.04. The monoisotopic (exact) mass is 404 g/mol. The summed E-state index contributed by atoms with van der Waals surface area (Å²) >= 11 is 4.80. The van der Waals surface area contributed by atoms with Gasteiger partial charge in [0.2, 0.25) is 5.13 Å². The number of aromatic carboxylic acids is 1. The summed E-state index contributed by atoms with van der Waals surface area (Å²) in [5.74, 6) is -1.04. The Hall–Kier alpha value is -2.32. The molecule has 1 heterocycles. The lowest BCUT2D eigenvalue weighted by Crippen LogP contribution is -2.09. The Bertz CT molecular complexity index is 952. The van der Waals surface area contributed by atoms with Gasteiger partial charge < -0.3 is 10.0 Å². The van der Waals surface area contributed by atoms with Crippen molar-refractivity contribution in [2.24, 2.45) is 10.2 Å². The van der Waals surface area contributed by atoms with E-state index in [2.05, 4.69) is 31.1 Å². The minimum absolute atomic E-state index is 0.105. The van der Waals surface area contributed by atoms with Gasteiger partial charge in [0, 0.05) is 24.3 Å². The second kappa shape index (κ2) is 6.66. The number of azo groups is 1. The molecule has 0 amide bonds. The number of carboxylic acid groups (broad SMARTS) is 1. The van der Waals surface area contributed by atoms with Crippen LogP contribution in [0.4, 0.5) is 16.5 Å². The lowest BCUT2D eigenvalue weighted by atomic mass is 10.1. The van der Waals surface area contributed by atoms with Crippen molar-refractivity contribution in [1.82, 2.24) is 4.98 Å². The van der Waals surface area contributed by atoms with E-state index >= 15 is 0 Å². The summed E-state index contributed by atoms with van der Waals surface area (Å²) in [4.78, 5) is 17.7. The van der Waals surface area contributed by atoms with Gasteiger partial charge in [0.05, 0.1) is 15.8 Å². The van der Waals surface area contributed by atoms with Crippen LogP contribution in [0.25, 0.3) is 10.2 Å². The van der Waals surface area contributed by atoms with Gasteiger partial charge in [-0.15, -0.1) is 10.2 Å². The average Bonchev–Trinajstić information content (AvgIpc) is 2.94. The van der Waals surface area contributed by atoms with Crippen LogP contribution in [-0.4, -0.2) is 30.2 Å². The second-order valence-electron chi connectivity index (χ2n) is 5.21. The third kappa shape index (κ3) is 3.44. The molecule has 2 aromatic carbocycles. The number of hydrogen-bond donors (Lipinski definition) is 1. The summed E-state index contributed by atoms with van der Waals surface area (Å²) in [6, 6.07) is 10.8. The van der Waals surface area contributed by atoms with Gasteiger partial charge >= 0.3 is 5.97 Å². The summed E-state index contributed by atoms with van der Waals surface area (Å²) in [7, 11) is 3.70. The van der Waals surface area contributed by atoms with E-state index in [-0.39, 0.29) is 5.56 Å². The molecule has 1 aromatic heterocycles. The number of thiazole rings is 1. The molecule has 3 rings (SSSR count). The molecule has 1 N–H and O–H groups in total. The quantitative estimate of drug-likeness (QED) is 0.603. The largest absolute Gasteiger partial charge is 0.478 e. The van der Waals surface area contributed by atoms with Crippen LogP contribution < -0.4 is 4.90 Å². The maximum atomic E-state index is 11.4. The summed E-state index contributed by atoms with van der Waals surface area (Å²) in [5, 5.41) is 18.0. The lowest BCUT2D eigenvalue weighted by Gasteiger charge is -2.13. The zero-order valence-corrected chi connectivity index (χ0v) is 15.3. The first-order valence-electron chi connectivity index (χ1n) is 6.96. The standard InChI is InChI=1S/C16H13BrN4O2S/c1-21(2)10-4-5-12(11(8-10)15(22)23)19-20-16-18-13-7-9(17)3-6-14(13)24-16/h3-8H,1-2H3,(H,22,23). The van der Waals surface area contributed by atoms with Crippen LogP contribution in [-0.2, 0) is 0 Å². The van der Waals surface area contributed by atoms with E-state index in [0.29, 0.717) is 10.8 Å². The molecule has 0 radical (unpaired) electrons. The number of carboxylic acids is 1. The zero-order chi connectivity index (χ0) is 17.3. The fourth-order valence-corrected chi connectivity index (χ4v) is 3.21. The van der Waals surface area contributed by atoms with Gasteiger partial charge in [-0.1, -0.05) is 27.3 Å². The highest BCUT2D eigenvalue weighted by Gasteiger charge is 2.12. The van der Waals surface area contributed by atoms with Crippen LogP contribution in [0.15, 0.2) is 51.1 Å². The summed E-state index contributed by atoms with van der Waals surface area (Å²) in [6.07, 6.45) is 0. The minimum Gasteiger partial charge on any atom is -0.478 e. The molecule has 0 saturated heterocycles. The molecule has 0 aliphatic carbocycles. The number of hydrogen-bond acceptors (Lipinski definition) is 6. The van der Waals surface area contributed by atoms with Crippen LogP contribution in [0, 0.1) is 0 Å². The molecule has 6 nitrogen and oxygen atoms in total. The van der Waals surface area contributed by atoms with Gasteiger partial charge in [-0.25, -0.2) is 9.78 Å². The Kier molecular flexibility index (Phi) is 4.59. The molecule has 0 unspecified atom stereocenters.